The highest BCUT2D eigenvalue weighted by Crippen LogP contribution is 2.34. The maximum Gasteiger partial charge on any atom is 0.330 e. The summed E-state index contributed by atoms with van der Waals surface area (Å²) in [7, 11) is 0. The van der Waals surface area contributed by atoms with E-state index in [4.69, 9.17) is 18.9 Å². The normalized spacial score (nSPS) is 32.0. The first-order chi connectivity index (χ1) is 31.2. The standard InChI is InChI=1S/C45H78N4O16/c1-3-5-7-9-11-13-15-17-19-21-30(52)46-33-37(57)35(55)28(25-27(51)41-39(59)40(60)42(64-41)49-24-23-32(54)48-45(49)61)62-43(33)65-44-34(38(58)36(56)29(26-50)63-44)47-31(53)22-20-18-16-14-12-10-8-6-4-2/h23-24,27-29,33-44,50-51,55-60H,3-22,25-26H2,1-2H3,(H,46,52)(H,47,53)(H,48,54,61)/t27-,28-,29+,33?,34?,35?,36?,37?,38?,39+,40-,41-,42-,43+,44-/m1/s1. The summed E-state index contributed by atoms with van der Waals surface area (Å²) >= 11 is 0. The van der Waals surface area contributed by atoms with Crippen LogP contribution in [0.5, 0.6) is 0 Å². The average Bonchev–Trinajstić information content (AvgIpc) is 3.57. The van der Waals surface area contributed by atoms with E-state index >= 15 is 0 Å². The molecule has 65 heavy (non-hydrogen) atoms. The number of nitrogens with zero attached hydrogens (tertiary/aromatic N) is 1. The van der Waals surface area contributed by atoms with E-state index in [1.54, 1.807) is 0 Å². The number of amides is 2. The zero-order chi connectivity index (χ0) is 47.5. The molecule has 4 heterocycles. The number of unbranched alkanes of at least 4 members (excludes halogenated alkanes) is 16. The van der Waals surface area contributed by atoms with Gasteiger partial charge in [-0.05, 0) is 12.8 Å². The second-order valence-electron chi connectivity index (χ2n) is 18.0. The summed E-state index contributed by atoms with van der Waals surface area (Å²) in [6.07, 6.45) is -2.66. The van der Waals surface area contributed by atoms with Crippen LogP contribution in [0.1, 0.15) is 155 Å². The second-order valence-corrected chi connectivity index (χ2v) is 18.0. The molecule has 2 amide bonds. The van der Waals surface area contributed by atoms with Crippen molar-refractivity contribution in [3.05, 3.63) is 33.1 Å². The molecule has 3 saturated heterocycles. The van der Waals surface area contributed by atoms with E-state index in [0.29, 0.717) is 12.8 Å². The number of carbonyl (C=O) groups is 2. The van der Waals surface area contributed by atoms with Crippen molar-refractivity contribution in [2.45, 2.75) is 241 Å². The zero-order valence-corrected chi connectivity index (χ0v) is 38.2. The minimum atomic E-state index is -1.82. The van der Waals surface area contributed by atoms with Gasteiger partial charge >= 0.3 is 5.69 Å². The Morgan fingerprint density at radius 1 is 0.646 bits per heavy atom. The van der Waals surface area contributed by atoms with Crippen molar-refractivity contribution < 1.29 is 69.4 Å². The van der Waals surface area contributed by atoms with Gasteiger partial charge in [-0.2, -0.15) is 0 Å². The summed E-state index contributed by atoms with van der Waals surface area (Å²) < 4.78 is 24.7. The molecule has 0 aromatic carbocycles. The molecule has 11 N–H and O–H groups in total. The molecule has 374 valence electrons. The third-order valence-corrected chi connectivity index (χ3v) is 12.8. The number of H-pyrrole nitrogens is 1. The molecule has 20 heteroatoms. The van der Waals surface area contributed by atoms with Crippen LogP contribution in [0, 0.1) is 0 Å². The van der Waals surface area contributed by atoms with Gasteiger partial charge in [0.15, 0.2) is 18.8 Å². The van der Waals surface area contributed by atoms with E-state index < -0.39 is 128 Å². The highest BCUT2D eigenvalue weighted by molar-refractivity contribution is 5.76. The Labute approximate surface area is 381 Å². The van der Waals surface area contributed by atoms with E-state index in [9.17, 15) is 60.0 Å². The molecule has 0 aliphatic carbocycles. The van der Waals surface area contributed by atoms with Crippen LogP contribution < -0.4 is 21.9 Å². The zero-order valence-electron chi connectivity index (χ0n) is 38.2. The number of nitrogens with one attached hydrogen (secondary N) is 3. The van der Waals surface area contributed by atoms with Crippen molar-refractivity contribution in [3.63, 3.8) is 0 Å². The van der Waals surface area contributed by atoms with E-state index in [1.807, 2.05) is 4.98 Å². The fourth-order valence-electron chi connectivity index (χ4n) is 8.82. The largest absolute Gasteiger partial charge is 0.394 e. The molecule has 0 bridgehead atoms. The highest BCUT2D eigenvalue weighted by Gasteiger charge is 2.53. The number of aromatic nitrogens is 2. The summed E-state index contributed by atoms with van der Waals surface area (Å²) in [4.78, 5) is 52.7. The van der Waals surface area contributed by atoms with Gasteiger partial charge in [-0.15, -0.1) is 0 Å². The molecule has 0 radical (unpaired) electrons. The number of rotatable bonds is 29. The summed E-state index contributed by atoms with van der Waals surface area (Å²) in [5.74, 6) is -0.977. The molecular weight excluding hydrogens is 853 g/mol. The molecule has 6 unspecified atom stereocenters. The first-order valence-electron chi connectivity index (χ1n) is 24.1. The lowest BCUT2D eigenvalue weighted by Crippen LogP contribution is -2.69. The van der Waals surface area contributed by atoms with Crippen molar-refractivity contribution in [2.75, 3.05) is 6.61 Å². The number of aliphatic hydroxyl groups excluding tert-OH is 8. The van der Waals surface area contributed by atoms with Crippen LogP contribution in [-0.2, 0) is 28.5 Å². The second kappa shape index (κ2) is 28.5. The Kier molecular flexibility index (Phi) is 24.0. The molecule has 3 fully saturated rings. The van der Waals surface area contributed by atoms with Crippen molar-refractivity contribution >= 4 is 11.8 Å². The molecule has 4 rings (SSSR count). The quantitative estimate of drug-likeness (QED) is 0.0491. The average molecular weight is 931 g/mol. The van der Waals surface area contributed by atoms with E-state index in [1.165, 1.54) is 38.5 Å². The summed E-state index contributed by atoms with van der Waals surface area (Å²) in [6.45, 7) is 3.56. The van der Waals surface area contributed by atoms with Crippen molar-refractivity contribution in [2.24, 2.45) is 0 Å². The lowest BCUT2D eigenvalue weighted by molar-refractivity contribution is -0.347. The van der Waals surface area contributed by atoms with Gasteiger partial charge in [0, 0.05) is 31.5 Å². The van der Waals surface area contributed by atoms with Crippen LogP contribution in [0.25, 0.3) is 0 Å². The van der Waals surface area contributed by atoms with Crippen molar-refractivity contribution in [1.29, 1.82) is 0 Å². The third kappa shape index (κ3) is 16.4. The monoisotopic (exact) mass is 931 g/mol. The van der Waals surface area contributed by atoms with Gasteiger partial charge in [-0.3, -0.25) is 23.9 Å². The summed E-state index contributed by atoms with van der Waals surface area (Å²) in [5.41, 5.74) is -1.67. The number of aromatic amines is 1. The van der Waals surface area contributed by atoms with Crippen LogP contribution in [0.2, 0.25) is 0 Å². The Balaban J connectivity index is 1.48. The Morgan fingerprint density at radius 2 is 1.09 bits per heavy atom. The Hall–Kier alpha value is -2.86. The predicted molar refractivity (Wildman–Crippen MR) is 235 cm³/mol. The molecule has 3 aliphatic heterocycles. The minimum Gasteiger partial charge on any atom is -0.394 e. The first kappa shape index (κ1) is 54.7. The number of hydrogen-bond acceptors (Lipinski definition) is 16. The summed E-state index contributed by atoms with van der Waals surface area (Å²) in [6, 6.07) is -1.93. The Bertz CT molecular complexity index is 1650. The molecule has 0 spiro atoms. The summed E-state index contributed by atoms with van der Waals surface area (Å²) in [5, 5.41) is 93.4. The first-order valence-corrected chi connectivity index (χ1v) is 24.1. The SMILES string of the molecule is CCCCCCCCCCCC(=O)NC1C(O)C(O)[C@H](CO)O[C@@H]1O[C@@H]1O[C@H](C[C@@H](O)[C@H]2O[C@@H](n3ccc(=O)[nH]c3=O)[C@H](O)[C@@H]2O)C(O)C(O)C1NC(=O)CCCCCCCCCCC. The van der Waals surface area contributed by atoms with Crippen LogP contribution in [-0.4, -0.2) is 155 Å². The predicted octanol–water partition coefficient (Wildman–Crippen LogP) is 0.621. The fourth-order valence-corrected chi connectivity index (χ4v) is 8.82. The van der Waals surface area contributed by atoms with Gasteiger partial charge in [0.1, 0.15) is 60.9 Å². The van der Waals surface area contributed by atoms with Gasteiger partial charge in [-0.1, -0.05) is 117 Å². The lowest BCUT2D eigenvalue weighted by Gasteiger charge is -2.47. The van der Waals surface area contributed by atoms with E-state index in [0.717, 1.165) is 81.0 Å². The molecule has 1 aromatic heterocycles. The molecule has 3 aliphatic rings. The number of ether oxygens (including phenoxy) is 4. The topological polar surface area (TPSA) is 312 Å². The van der Waals surface area contributed by atoms with Crippen LogP contribution in [0.3, 0.4) is 0 Å². The lowest BCUT2D eigenvalue weighted by atomic mass is 9.91. The molecular formula is C45H78N4O16. The van der Waals surface area contributed by atoms with Gasteiger partial charge in [0.25, 0.3) is 5.56 Å². The molecule has 1 aromatic rings. The van der Waals surface area contributed by atoms with Crippen molar-refractivity contribution in [3.8, 4) is 0 Å². The number of hydrogen-bond donors (Lipinski definition) is 11. The van der Waals surface area contributed by atoms with Crippen LogP contribution >= 0.6 is 0 Å². The minimum absolute atomic E-state index is 0.0672. The van der Waals surface area contributed by atoms with Crippen LogP contribution in [0.15, 0.2) is 21.9 Å². The molecule has 0 saturated carbocycles. The highest BCUT2D eigenvalue weighted by atomic mass is 16.8. The van der Waals surface area contributed by atoms with E-state index in [-0.39, 0.29) is 12.8 Å². The number of carbonyl (C=O) groups excluding carboxylic acids is 2. The Morgan fingerprint density at radius 3 is 1.55 bits per heavy atom. The van der Waals surface area contributed by atoms with Gasteiger partial charge in [0.05, 0.1) is 18.8 Å². The number of aliphatic hydroxyl groups is 8. The maximum absolute atomic E-state index is 13.4. The van der Waals surface area contributed by atoms with Gasteiger partial charge in [-0.25, -0.2) is 4.79 Å². The molecule has 15 atom stereocenters. The van der Waals surface area contributed by atoms with Gasteiger partial charge in [0.2, 0.25) is 11.8 Å². The molecule has 20 nitrogen and oxygen atoms in total. The maximum atomic E-state index is 13.4. The van der Waals surface area contributed by atoms with Gasteiger partial charge < -0.3 is 70.4 Å². The van der Waals surface area contributed by atoms with Crippen LogP contribution in [0.4, 0.5) is 0 Å². The fraction of sp³-hybridized carbons (Fsp3) is 0.867. The smallest absolute Gasteiger partial charge is 0.330 e. The van der Waals surface area contributed by atoms with Crippen molar-refractivity contribution in [1.82, 2.24) is 20.2 Å². The van der Waals surface area contributed by atoms with E-state index in [2.05, 4.69) is 24.5 Å². The third-order valence-electron chi connectivity index (χ3n) is 12.8.